The van der Waals surface area contributed by atoms with Crippen LogP contribution < -0.4 is 9.80 Å². The zero-order valence-electron chi connectivity index (χ0n) is 21.4. The van der Waals surface area contributed by atoms with Crippen molar-refractivity contribution < 1.29 is 22.4 Å². The van der Waals surface area contributed by atoms with Gasteiger partial charge in [0.1, 0.15) is 10.7 Å². The molecule has 2 aromatic rings. The lowest BCUT2D eigenvalue weighted by Gasteiger charge is -2.39. The van der Waals surface area contributed by atoms with E-state index in [1.807, 2.05) is 11.0 Å². The second-order valence-electron chi connectivity index (χ2n) is 10.0. The van der Waals surface area contributed by atoms with Crippen LogP contribution in [0.3, 0.4) is 0 Å². The summed E-state index contributed by atoms with van der Waals surface area (Å²) in [6.07, 6.45) is 2.09. The number of carbonyl (C=O) groups excluding carboxylic acids is 2. The Hall–Kier alpha value is -2.50. The Balaban J connectivity index is 1.31. The van der Waals surface area contributed by atoms with Crippen LogP contribution in [-0.2, 0) is 26.0 Å². The van der Waals surface area contributed by atoms with Crippen LogP contribution in [0.2, 0.25) is 0 Å². The number of benzene rings is 2. The maximum atomic E-state index is 14.2. The third-order valence-corrected chi connectivity index (χ3v) is 10.1. The van der Waals surface area contributed by atoms with Crippen molar-refractivity contribution in [1.29, 1.82) is 0 Å². The largest absolute Gasteiger partial charge is 0.366 e. The van der Waals surface area contributed by atoms with Crippen LogP contribution in [-0.4, -0.2) is 75.3 Å². The molecule has 2 amide bonds. The maximum absolute atomic E-state index is 14.2. The van der Waals surface area contributed by atoms with Gasteiger partial charge < -0.3 is 14.7 Å². The Bertz CT molecular complexity index is 1350. The number of sulfonamides is 1. The molecule has 1 atom stereocenters. The molecular formula is C27H32BrFN4O4S. The first-order chi connectivity index (χ1) is 18.2. The van der Waals surface area contributed by atoms with Crippen LogP contribution in [0.15, 0.2) is 45.8 Å². The van der Waals surface area contributed by atoms with Crippen LogP contribution in [0.5, 0.6) is 0 Å². The molecule has 3 heterocycles. The van der Waals surface area contributed by atoms with Crippen LogP contribution in [0.1, 0.15) is 31.7 Å². The number of carbonyl (C=O) groups is 2. The summed E-state index contributed by atoms with van der Waals surface area (Å²) in [4.78, 5) is 31.5. The Morgan fingerprint density at radius 2 is 1.79 bits per heavy atom. The lowest BCUT2D eigenvalue weighted by atomic mass is 9.97. The minimum absolute atomic E-state index is 0.0552. The van der Waals surface area contributed by atoms with Gasteiger partial charge in [-0.2, -0.15) is 4.31 Å². The number of anilines is 2. The molecule has 0 aromatic heterocycles. The molecule has 0 aliphatic carbocycles. The SMILES string of the molecule is CCC(=O)N1CCc2cc(Br)cc(S(=O)(=O)N3CCCC(C(=O)N4CCN(c5ccccc5F)CC4)C3)c21. The highest BCUT2D eigenvalue weighted by Gasteiger charge is 2.39. The number of para-hydroxylation sites is 1. The molecule has 0 saturated carbocycles. The first kappa shape index (κ1) is 27.1. The molecule has 204 valence electrons. The summed E-state index contributed by atoms with van der Waals surface area (Å²) in [6, 6.07) is 10.1. The van der Waals surface area contributed by atoms with E-state index in [2.05, 4.69) is 15.9 Å². The number of hydrogen-bond acceptors (Lipinski definition) is 5. The third kappa shape index (κ3) is 5.08. The number of hydrogen-bond donors (Lipinski definition) is 0. The van der Waals surface area contributed by atoms with Crippen LogP contribution >= 0.6 is 15.9 Å². The van der Waals surface area contributed by atoms with Gasteiger partial charge in [-0.15, -0.1) is 0 Å². The Morgan fingerprint density at radius 1 is 1.05 bits per heavy atom. The van der Waals surface area contributed by atoms with E-state index in [0.717, 1.165) is 5.56 Å². The first-order valence-electron chi connectivity index (χ1n) is 13.1. The molecule has 8 nitrogen and oxygen atoms in total. The number of fused-ring (bicyclic) bond motifs is 1. The van der Waals surface area contributed by atoms with E-state index in [1.54, 1.807) is 41.0 Å². The summed E-state index contributed by atoms with van der Waals surface area (Å²) in [6.45, 7) is 4.63. The van der Waals surface area contributed by atoms with Crippen molar-refractivity contribution in [1.82, 2.24) is 9.21 Å². The highest BCUT2D eigenvalue weighted by molar-refractivity contribution is 9.10. The quantitative estimate of drug-likeness (QED) is 0.519. The number of nitrogens with zero attached hydrogens (tertiary/aromatic N) is 4. The van der Waals surface area contributed by atoms with Crippen molar-refractivity contribution in [3.63, 3.8) is 0 Å². The standard InChI is InChI=1S/C27H32BrFN4O4S/c1-2-25(34)33-11-9-19-16-21(28)17-24(26(19)33)38(36,37)32-10-5-6-20(18-32)27(35)31-14-12-30(13-15-31)23-8-4-3-7-22(23)29/h3-4,7-8,16-17,20H,2,5-6,9-15,18H2,1H3. The van der Waals surface area contributed by atoms with Crippen molar-refractivity contribution in [2.45, 2.75) is 37.5 Å². The van der Waals surface area contributed by atoms with Gasteiger partial charge in [-0.25, -0.2) is 12.8 Å². The molecule has 0 bridgehead atoms. The maximum Gasteiger partial charge on any atom is 0.245 e. The van der Waals surface area contributed by atoms with E-state index >= 15 is 0 Å². The van der Waals surface area contributed by atoms with Crippen molar-refractivity contribution in [2.75, 3.05) is 55.6 Å². The van der Waals surface area contributed by atoms with E-state index in [1.165, 1.54) is 10.4 Å². The number of amides is 2. The molecule has 2 saturated heterocycles. The van der Waals surface area contributed by atoms with Crippen LogP contribution in [0.25, 0.3) is 0 Å². The van der Waals surface area contributed by atoms with Gasteiger partial charge >= 0.3 is 0 Å². The minimum atomic E-state index is -3.94. The van der Waals surface area contributed by atoms with Crippen molar-refractivity contribution >= 4 is 49.1 Å². The molecule has 0 spiro atoms. The highest BCUT2D eigenvalue weighted by atomic mass is 79.9. The molecule has 1 unspecified atom stereocenters. The summed E-state index contributed by atoms with van der Waals surface area (Å²) in [5.41, 5.74) is 1.83. The molecule has 3 aliphatic heterocycles. The van der Waals surface area contributed by atoms with Crippen LogP contribution in [0, 0.1) is 11.7 Å². The fourth-order valence-electron chi connectivity index (χ4n) is 5.74. The summed E-state index contributed by atoms with van der Waals surface area (Å²) in [7, 11) is -3.94. The Kier molecular flexibility index (Phi) is 7.79. The highest BCUT2D eigenvalue weighted by Crippen LogP contribution is 2.40. The zero-order chi connectivity index (χ0) is 27.0. The van der Waals surface area contributed by atoms with Gasteiger partial charge in [0, 0.05) is 56.7 Å². The summed E-state index contributed by atoms with van der Waals surface area (Å²) >= 11 is 3.44. The third-order valence-electron chi connectivity index (χ3n) is 7.73. The molecule has 11 heteroatoms. The average molecular weight is 608 g/mol. The topological polar surface area (TPSA) is 81.2 Å². The van der Waals surface area contributed by atoms with E-state index < -0.39 is 15.9 Å². The molecular weight excluding hydrogens is 575 g/mol. The van der Waals surface area contributed by atoms with Gasteiger partial charge in [-0.3, -0.25) is 9.59 Å². The van der Waals surface area contributed by atoms with Crippen LogP contribution in [0.4, 0.5) is 15.8 Å². The van der Waals surface area contributed by atoms with E-state index in [4.69, 9.17) is 0 Å². The predicted octanol–water partition coefficient (Wildman–Crippen LogP) is 3.64. The molecule has 5 rings (SSSR count). The number of piperidine rings is 1. The van der Waals surface area contributed by atoms with Gasteiger partial charge in [0.15, 0.2) is 0 Å². The Morgan fingerprint density at radius 3 is 2.50 bits per heavy atom. The average Bonchev–Trinajstić information content (AvgIpc) is 3.36. The summed E-state index contributed by atoms with van der Waals surface area (Å²) in [5, 5.41) is 0. The molecule has 0 N–H and O–H groups in total. The van der Waals surface area contributed by atoms with Gasteiger partial charge in [-0.1, -0.05) is 35.0 Å². The molecule has 2 fully saturated rings. The van der Waals surface area contributed by atoms with E-state index in [9.17, 15) is 22.4 Å². The first-order valence-corrected chi connectivity index (χ1v) is 15.3. The smallest absolute Gasteiger partial charge is 0.245 e. The molecule has 3 aliphatic rings. The fourth-order valence-corrected chi connectivity index (χ4v) is 8.18. The minimum Gasteiger partial charge on any atom is -0.366 e. The Labute approximate surface area is 231 Å². The second-order valence-corrected chi connectivity index (χ2v) is 12.8. The predicted molar refractivity (Wildman–Crippen MR) is 147 cm³/mol. The van der Waals surface area contributed by atoms with E-state index in [-0.39, 0.29) is 29.1 Å². The van der Waals surface area contributed by atoms with Gasteiger partial charge in [0.25, 0.3) is 0 Å². The molecule has 2 aromatic carbocycles. The van der Waals surface area contributed by atoms with Crippen molar-refractivity contribution in [3.8, 4) is 0 Å². The zero-order valence-corrected chi connectivity index (χ0v) is 23.8. The second kappa shape index (κ2) is 10.9. The van der Waals surface area contributed by atoms with Gasteiger partial charge in [0.2, 0.25) is 21.8 Å². The summed E-state index contributed by atoms with van der Waals surface area (Å²) in [5.74, 6) is -0.880. The molecule has 0 radical (unpaired) electrons. The summed E-state index contributed by atoms with van der Waals surface area (Å²) < 4.78 is 44.1. The number of rotatable bonds is 5. The number of halogens is 2. The fraction of sp³-hybridized carbons (Fsp3) is 0.481. The van der Waals surface area contributed by atoms with Crippen molar-refractivity contribution in [2.24, 2.45) is 5.92 Å². The van der Waals surface area contributed by atoms with Gasteiger partial charge in [-0.05, 0) is 49.1 Å². The number of piperazine rings is 1. The molecule has 38 heavy (non-hydrogen) atoms. The lowest BCUT2D eigenvalue weighted by Crippen LogP contribution is -2.53. The van der Waals surface area contributed by atoms with E-state index in [0.29, 0.717) is 80.8 Å². The van der Waals surface area contributed by atoms with Gasteiger partial charge in [0.05, 0.1) is 17.3 Å². The van der Waals surface area contributed by atoms with Crippen molar-refractivity contribution in [3.05, 3.63) is 52.3 Å². The monoisotopic (exact) mass is 606 g/mol. The normalized spacial score (nSPS) is 20.5. The lowest BCUT2D eigenvalue weighted by molar-refractivity contribution is -0.137.